The molecular formula is C30H21F2N3O2. The molecule has 1 saturated heterocycles. The lowest BCUT2D eigenvalue weighted by Crippen LogP contribution is -2.37. The second-order valence-electron chi connectivity index (χ2n) is 8.85. The Labute approximate surface area is 212 Å². The molecule has 2 heterocycles. The van der Waals surface area contributed by atoms with Crippen LogP contribution in [0, 0.1) is 23.5 Å². The van der Waals surface area contributed by atoms with E-state index >= 15 is 8.78 Å². The Balaban J connectivity index is 1.67. The molecule has 1 N–H and O–H groups in total. The van der Waals surface area contributed by atoms with E-state index in [4.69, 9.17) is 4.74 Å². The topological polar surface area (TPSA) is 58.5 Å². The summed E-state index contributed by atoms with van der Waals surface area (Å²) in [6.45, 7) is 1.63. The molecule has 182 valence electrons. The lowest BCUT2D eigenvalue weighted by atomic mass is 9.92. The minimum absolute atomic E-state index is 0.0411. The highest BCUT2D eigenvalue weighted by atomic mass is 19.1. The first-order valence-electron chi connectivity index (χ1n) is 11.8. The van der Waals surface area contributed by atoms with Crippen molar-refractivity contribution in [3.8, 4) is 34.7 Å². The molecule has 0 spiro atoms. The van der Waals surface area contributed by atoms with Crippen molar-refractivity contribution < 1.29 is 18.6 Å². The summed E-state index contributed by atoms with van der Waals surface area (Å²) in [7, 11) is 1.42. The highest BCUT2D eigenvalue weighted by molar-refractivity contribution is 6.05. The molecule has 4 aromatic carbocycles. The van der Waals surface area contributed by atoms with Crippen LogP contribution < -0.4 is 9.64 Å². The van der Waals surface area contributed by atoms with E-state index in [1.807, 2.05) is 30.3 Å². The van der Waals surface area contributed by atoms with Gasteiger partial charge in [-0.3, -0.25) is 0 Å². The average molecular weight is 494 g/mol. The fraction of sp³-hybridized carbons (Fsp3) is 0.133. The van der Waals surface area contributed by atoms with Crippen molar-refractivity contribution in [2.24, 2.45) is 0 Å². The Morgan fingerprint density at radius 3 is 2.51 bits per heavy atom. The van der Waals surface area contributed by atoms with Crippen LogP contribution in [-0.4, -0.2) is 35.3 Å². The Kier molecular flexibility index (Phi) is 5.57. The van der Waals surface area contributed by atoms with Crippen LogP contribution in [0.25, 0.3) is 32.8 Å². The molecule has 5 nitrogen and oxygen atoms in total. The first-order valence-corrected chi connectivity index (χ1v) is 11.8. The van der Waals surface area contributed by atoms with Crippen molar-refractivity contribution in [1.82, 2.24) is 9.97 Å². The molecule has 0 saturated carbocycles. The molecule has 0 amide bonds. The number of hydrogen-bond acceptors (Lipinski definition) is 5. The van der Waals surface area contributed by atoms with Crippen LogP contribution in [0.5, 0.6) is 11.8 Å². The van der Waals surface area contributed by atoms with Crippen LogP contribution >= 0.6 is 0 Å². The molecule has 7 heteroatoms. The summed E-state index contributed by atoms with van der Waals surface area (Å²) in [5, 5.41) is 12.1. The number of benzene rings is 4. The van der Waals surface area contributed by atoms with Gasteiger partial charge < -0.3 is 14.7 Å². The van der Waals surface area contributed by atoms with Crippen molar-refractivity contribution in [2.45, 2.75) is 6.42 Å². The lowest BCUT2D eigenvalue weighted by Gasteiger charge is -2.34. The molecule has 1 aliphatic rings. The molecule has 37 heavy (non-hydrogen) atoms. The number of phenolic OH excluding ortho intramolecular Hbond substituents is 1. The molecule has 1 fully saturated rings. The third-order valence-electron chi connectivity index (χ3n) is 6.59. The number of anilines is 1. The molecule has 0 radical (unpaired) electrons. The fourth-order valence-electron chi connectivity index (χ4n) is 4.65. The van der Waals surface area contributed by atoms with Gasteiger partial charge in [0.05, 0.1) is 12.7 Å². The number of methoxy groups -OCH3 is 1. The quantitative estimate of drug-likeness (QED) is 0.310. The van der Waals surface area contributed by atoms with Crippen LogP contribution in [0.1, 0.15) is 17.5 Å². The third-order valence-corrected chi connectivity index (χ3v) is 6.59. The Morgan fingerprint density at radius 1 is 0.973 bits per heavy atom. The van der Waals surface area contributed by atoms with Crippen LogP contribution in [0.2, 0.25) is 0 Å². The highest BCUT2D eigenvalue weighted by Crippen LogP contribution is 2.42. The normalized spacial score (nSPS) is 12.8. The van der Waals surface area contributed by atoms with Crippen LogP contribution in [0.15, 0.2) is 66.9 Å². The minimum Gasteiger partial charge on any atom is -0.508 e. The third kappa shape index (κ3) is 3.97. The SMILES string of the molecule is COc1ncc2c(N3CCC3)cc(-c3cc(O)cc4ccc(F)c(C#Cc5ccccc5)c34)c(F)c2n1. The van der Waals surface area contributed by atoms with Gasteiger partial charge in [0, 0.05) is 46.9 Å². The van der Waals surface area contributed by atoms with Gasteiger partial charge in [-0.05, 0) is 53.8 Å². The lowest BCUT2D eigenvalue weighted by molar-refractivity contribution is 0.381. The maximum Gasteiger partial charge on any atom is 0.316 e. The van der Waals surface area contributed by atoms with E-state index in [1.165, 1.54) is 25.3 Å². The average Bonchev–Trinajstić information content (AvgIpc) is 2.88. The van der Waals surface area contributed by atoms with Crippen LogP contribution in [0.3, 0.4) is 0 Å². The first kappa shape index (κ1) is 22.7. The van der Waals surface area contributed by atoms with Crippen molar-refractivity contribution >= 4 is 27.4 Å². The van der Waals surface area contributed by atoms with Crippen LogP contribution in [0.4, 0.5) is 14.5 Å². The maximum absolute atomic E-state index is 16.2. The van der Waals surface area contributed by atoms with Crippen LogP contribution in [-0.2, 0) is 0 Å². The van der Waals surface area contributed by atoms with E-state index in [0.29, 0.717) is 21.7 Å². The smallest absolute Gasteiger partial charge is 0.316 e. The van der Waals surface area contributed by atoms with Gasteiger partial charge >= 0.3 is 6.01 Å². The largest absolute Gasteiger partial charge is 0.508 e. The number of rotatable bonds is 3. The zero-order valence-corrected chi connectivity index (χ0v) is 19.9. The summed E-state index contributed by atoms with van der Waals surface area (Å²) >= 11 is 0. The molecular weight excluding hydrogens is 472 g/mol. The van der Waals surface area contributed by atoms with Gasteiger partial charge in [-0.15, -0.1) is 0 Å². The van der Waals surface area contributed by atoms with E-state index in [-0.39, 0.29) is 28.4 Å². The summed E-state index contributed by atoms with van der Waals surface area (Å²) in [5.41, 5.74) is 2.22. The molecule has 0 atom stereocenters. The Hall–Kier alpha value is -4.70. The van der Waals surface area contributed by atoms with Crippen molar-refractivity contribution in [2.75, 3.05) is 25.1 Å². The summed E-state index contributed by atoms with van der Waals surface area (Å²) in [4.78, 5) is 10.6. The fourth-order valence-corrected chi connectivity index (χ4v) is 4.65. The van der Waals surface area contributed by atoms with Gasteiger partial charge in [0.25, 0.3) is 0 Å². The predicted molar refractivity (Wildman–Crippen MR) is 140 cm³/mol. The number of nitrogens with zero attached hydrogens (tertiary/aromatic N) is 3. The van der Waals surface area contributed by atoms with E-state index < -0.39 is 11.6 Å². The molecule has 1 aromatic heterocycles. The van der Waals surface area contributed by atoms with Crippen molar-refractivity contribution in [3.63, 3.8) is 0 Å². The molecule has 0 unspecified atom stereocenters. The second-order valence-corrected chi connectivity index (χ2v) is 8.85. The molecule has 0 aliphatic carbocycles. The van der Waals surface area contributed by atoms with Gasteiger partial charge in [0.2, 0.25) is 0 Å². The zero-order valence-electron chi connectivity index (χ0n) is 19.9. The summed E-state index contributed by atoms with van der Waals surface area (Å²) in [5.74, 6) is 4.74. The van der Waals surface area contributed by atoms with E-state index in [0.717, 1.165) is 30.8 Å². The summed E-state index contributed by atoms with van der Waals surface area (Å²) < 4.78 is 36.6. The van der Waals surface area contributed by atoms with Gasteiger partial charge in [0.15, 0.2) is 5.82 Å². The monoisotopic (exact) mass is 493 g/mol. The highest BCUT2D eigenvalue weighted by Gasteiger charge is 2.25. The molecule has 5 aromatic rings. The summed E-state index contributed by atoms with van der Waals surface area (Å²) in [6.07, 6.45) is 2.57. The van der Waals surface area contributed by atoms with Gasteiger partial charge in [-0.1, -0.05) is 36.1 Å². The molecule has 6 rings (SSSR count). The molecule has 0 bridgehead atoms. The Bertz CT molecular complexity index is 1740. The predicted octanol–water partition coefficient (Wildman–Crippen LogP) is 6.05. The number of phenols is 1. The standard InChI is InChI=1S/C30H21F2N3O2/c1-37-30-33-17-24-26(35-12-5-13-35)16-23(28(32)29(24)34-30)22-15-20(36)14-19-9-11-25(31)21(27(19)22)10-8-18-6-3-2-4-7-18/h2-4,6-7,9,11,14-17,36H,5,12-13H2,1H3. The summed E-state index contributed by atoms with van der Waals surface area (Å²) in [6, 6.07) is 16.8. The number of halogens is 2. The van der Waals surface area contributed by atoms with E-state index in [1.54, 1.807) is 18.3 Å². The number of aromatic nitrogens is 2. The van der Waals surface area contributed by atoms with Gasteiger partial charge in [0.1, 0.15) is 17.1 Å². The number of aromatic hydroxyl groups is 1. The second kappa shape index (κ2) is 9.07. The zero-order chi connectivity index (χ0) is 25.5. The minimum atomic E-state index is -0.613. The van der Waals surface area contributed by atoms with Crippen molar-refractivity contribution in [1.29, 1.82) is 0 Å². The Morgan fingerprint density at radius 2 is 1.78 bits per heavy atom. The number of hydrogen-bond donors (Lipinski definition) is 1. The molecule has 1 aliphatic heterocycles. The van der Waals surface area contributed by atoms with Crippen molar-refractivity contribution in [3.05, 3.63) is 89.6 Å². The first-order chi connectivity index (χ1) is 18.0. The van der Waals surface area contributed by atoms with E-state index in [2.05, 4.69) is 26.7 Å². The van der Waals surface area contributed by atoms with Gasteiger partial charge in [-0.25, -0.2) is 13.8 Å². The van der Waals surface area contributed by atoms with E-state index in [9.17, 15) is 5.11 Å². The number of ether oxygens (including phenoxy) is 1. The number of fused-ring (bicyclic) bond motifs is 2. The van der Waals surface area contributed by atoms with Gasteiger partial charge in [-0.2, -0.15) is 4.98 Å². The maximum atomic E-state index is 16.2.